The number of nitrogens with two attached hydrogens (primary N) is 1. The molecule has 0 saturated carbocycles. The SMILES string of the molecule is C[C@@H](C(N)=O)N1CC[C@@H](O)C1=O. The number of hydrogen-bond donors (Lipinski definition) is 2. The minimum absolute atomic E-state index is 0.385. The Hall–Kier alpha value is -1.10. The zero-order valence-corrected chi connectivity index (χ0v) is 6.86. The molecule has 5 nitrogen and oxygen atoms in total. The van der Waals surface area contributed by atoms with E-state index < -0.39 is 24.0 Å². The summed E-state index contributed by atoms with van der Waals surface area (Å²) in [6, 6.07) is -0.616. The van der Waals surface area contributed by atoms with Gasteiger partial charge in [-0.05, 0) is 13.3 Å². The molecule has 1 aliphatic heterocycles. The van der Waals surface area contributed by atoms with Gasteiger partial charge in [0.2, 0.25) is 5.91 Å². The Morgan fingerprint density at radius 2 is 2.42 bits per heavy atom. The summed E-state index contributed by atoms with van der Waals surface area (Å²) in [6.45, 7) is 1.96. The molecular weight excluding hydrogens is 160 g/mol. The van der Waals surface area contributed by atoms with Crippen molar-refractivity contribution < 1.29 is 14.7 Å². The van der Waals surface area contributed by atoms with Crippen molar-refractivity contribution in [1.29, 1.82) is 0 Å². The maximum absolute atomic E-state index is 11.1. The molecule has 0 aromatic rings. The molecule has 2 atom stereocenters. The molecule has 0 aliphatic carbocycles. The number of carbonyl (C=O) groups is 2. The molecule has 2 amide bonds. The highest BCUT2D eigenvalue weighted by molar-refractivity contribution is 5.89. The molecule has 0 unspecified atom stereocenters. The van der Waals surface area contributed by atoms with Gasteiger partial charge in [-0.3, -0.25) is 9.59 Å². The van der Waals surface area contributed by atoms with Crippen LogP contribution < -0.4 is 5.73 Å². The fourth-order valence-corrected chi connectivity index (χ4v) is 1.22. The minimum atomic E-state index is -0.952. The van der Waals surface area contributed by atoms with Crippen molar-refractivity contribution in [1.82, 2.24) is 4.90 Å². The second-order valence-electron chi connectivity index (χ2n) is 2.91. The molecule has 3 N–H and O–H groups in total. The fraction of sp³-hybridized carbons (Fsp3) is 0.714. The van der Waals surface area contributed by atoms with Crippen LogP contribution in [0.5, 0.6) is 0 Å². The highest BCUT2D eigenvalue weighted by Gasteiger charge is 2.34. The van der Waals surface area contributed by atoms with E-state index in [4.69, 9.17) is 10.8 Å². The predicted molar refractivity (Wildman–Crippen MR) is 41.0 cm³/mol. The number of carbonyl (C=O) groups excluding carboxylic acids is 2. The first-order valence-electron chi connectivity index (χ1n) is 3.82. The number of hydrogen-bond acceptors (Lipinski definition) is 3. The number of aliphatic hydroxyl groups excluding tert-OH is 1. The van der Waals surface area contributed by atoms with Gasteiger partial charge in [0.1, 0.15) is 12.1 Å². The van der Waals surface area contributed by atoms with E-state index in [1.165, 1.54) is 4.90 Å². The summed E-state index contributed by atoms with van der Waals surface area (Å²) in [5, 5.41) is 9.06. The molecule has 0 aromatic heterocycles. The maximum atomic E-state index is 11.1. The highest BCUT2D eigenvalue weighted by atomic mass is 16.3. The second kappa shape index (κ2) is 3.10. The highest BCUT2D eigenvalue weighted by Crippen LogP contribution is 2.13. The number of primary amides is 1. The first-order chi connectivity index (χ1) is 5.54. The zero-order chi connectivity index (χ0) is 9.30. The lowest BCUT2D eigenvalue weighted by Gasteiger charge is -2.20. The molecule has 1 aliphatic rings. The van der Waals surface area contributed by atoms with Crippen molar-refractivity contribution in [3.63, 3.8) is 0 Å². The van der Waals surface area contributed by atoms with Crippen LogP contribution in [0, 0.1) is 0 Å². The smallest absolute Gasteiger partial charge is 0.252 e. The van der Waals surface area contributed by atoms with Crippen LogP contribution in [-0.4, -0.2) is 40.5 Å². The third-order valence-corrected chi connectivity index (χ3v) is 2.09. The van der Waals surface area contributed by atoms with Crippen LogP contribution in [0.3, 0.4) is 0 Å². The van der Waals surface area contributed by atoms with Crippen molar-refractivity contribution >= 4 is 11.8 Å². The Labute approximate surface area is 70.1 Å². The van der Waals surface area contributed by atoms with Crippen molar-refractivity contribution in [2.75, 3.05) is 6.54 Å². The molecule has 68 valence electrons. The van der Waals surface area contributed by atoms with Gasteiger partial charge in [0, 0.05) is 6.54 Å². The number of likely N-dealkylation sites (tertiary alicyclic amines) is 1. The first-order valence-corrected chi connectivity index (χ1v) is 3.82. The van der Waals surface area contributed by atoms with Gasteiger partial charge in [-0.25, -0.2) is 0 Å². The quantitative estimate of drug-likeness (QED) is 0.529. The van der Waals surface area contributed by atoms with Gasteiger partial charge in [-0.1, -0.05) is 0 Å². The standard InChI is InChI=1S/C7H12N2O3/c1-4(6(8)11)9-3-2-5(10)7(9)12/h4-5,10H,2-3H2,1H3,(H2,8,11)/t4-,5+/m0/s1. The number of aliphatic hydroxyl groups is 1. The Morgan fingerprint density at radius 1 is 1.83 bits per heavy atom. The second-order valence-corrected chi connectivity index (χ2v) is 2.91. The molecule has 0 spiro atoms. The van der Waals surface area contributed by atoms with Crippen molar-refractivity contribution in [3.05, 3.63) is 0 Å². The Bertz CT molecular complexity index is 217. The van der Waals surface area contributed by atoms with E-state index in [1.54, 1.807) is 6.92 Å². The molecule has 1 saturated heterocycles. The van der Waals surface area contributed by atoms with E-state index in [0.717, 1.165) is 0 Å². The third kappa shape index (κ3) is 1.40. The molecule has 1 fully saturated rings. The van der Waals surface area contributed by atoms with E-state index in [9.17, 15) is 9.59 Å². The lowest BCUT2D eigenvalue weighted by atomic mass is 10.3. The summed E-state index contributed by atoms with van der Waals surface area (Å²) >= 11 is 0. The van der Waals surface area contributed by atoms with Crippen LogP contribution in [0.15, 0.2) is 0 Å². The number of nitrogens with zero attached hydrogens (tertiary/aromatic N) is 1. The van der Waals surface area contributed by atoms with E-state index in [1.807, 2.05) is 0 Å². The molecular formula is C7H12N2O3. The maximum Gasteiger partial charge on any atom is 0.252 e. The molecule has 0 bridgehead atoms. The van der Waals surface area contributed by atoms with Gasteiger partial charge in [0.25, 0.3) is 5.91 Å². The van der Waals surface area contributed by atoms with Crippen LogP contribution in [-0.2, 0) is 9.59 Å². The van der Waals surface area contributed by atoms with E-state index in [2.05, 4.69) is 0 Å². The zero-order valence-electron chi connectivity index (χ0n) is 6.86. The summed E-state index contributed by atoms with van der Waals surface area (Å²) < 4.78 is 0. The van der Waals surface area contributed by atoms with Crippen LogP contribution in [0.1, 0.15) is 13.3 Å². The van der Waals surface area contributed by atoms with Gasteiger partial charge in [0.15, 0.2) is 0 Å². The lowest BCUT2D eigenvalue weighted by Crippen LogP contribution is -2.44. The first kappa shape index (κ1) is 8.99. The molecule has 0 aromatic carbocycles. The van der Waals surface area contributed by atoms with Crippen LogP contribution in [0.25, 0.3) is 0 Å². The summed E-state index contributed by atoms with van der Waals surface area (Å²) in [4.78, 5) is 23.1. The van der Waals surface area contributed by atoms with Gasteiger partial charge in [0.05, 0.1) is 0 Å². The predicted octanol–water partition coefficient (Wildman–Crippen LogP) is -1.55. The van der Waals surface area contributed by atoms with Gasteiger partial charge >= 0.3 is 0 Å². The summed E-state index contributed by atoms with van der Waals surface area (Å²) in [6.07, 6.45) is -0.567. The third-order valence-electron chi connectivity index (χ3n) is 2.09. The average Bonchev–Trinajstić information content (AvgIpc) is 2.32. The van der Waals surface area contributed by atoms with E-state index in [0.29, 0.717) is 13.0 Å². The summed E-state index contributed by atoms with van der Waals surface area (Å²) in [5.41, 5.74) is 5.01. The van der Waals surface area contributed by atoms with Gasteiger partial charge < -0.3 is 15.7 Å². The largest absolute Gasteiger partial charge is 0.383 e. The number of rotatable bonds is 2. The van der Waals surface area contributed by atoms with Crippen molar-refractivity contribution in [2.45, 2.75) is 25.5 Å². The topological polar surface area (TPSA) is 83.6 Å². The Kier molecular flexibility index (Phi) is 2.32. The average molecular weight is 172 g/mol. The van der Waals surface area contributed by atoms with Crippen molar-refractivity contribution in [3.8, 4) is 0 Å². The summed E-state index contributed by atoms with van der Waals surface area (Å²) in [7, 11) is 0. The monoisotopic (exact) mass is 172 g/mol. The Balaban J connectivity index is 2.65. The molecule has 1 heterocycles. The minimum Gasteiger partial charge on any atom is -0.383 e. The molecule has 1 rings (SSSR count). The van der Waals surface area contributed by atoms with Crippen LogP contribution in [0.4, 0.5) is 0 Å². The Morgan fingerprint density at radius 3 is 2.75 bits per heavy atom. The molecule has 12 heavy (non-hydrogen) atoms. The van der Waals surface area contributed by atoms with E-state index in [-0.39, 0.29) is 0 Å². The molecule has 5 heteroatoms. The van der Waals surface area contributed by atoms with Gasteiger partial charge in [-0.2, -0.15) is 0 Å². The van der Waals surface area contributed by atoms with Crippen LogP contribution >= 0.6 is 0 Å². The summed E-state index contributed by atoms with van der Waals surface area (Å²) in [5.74, 6) is -0.946. The lowest BCUT2D eigenvalue weighted by molar-refractivity contribution is -0.140. The van der Waals surface area contributed by atoms with Crippen LogP contribution in [0.2, 0.25) is 0 Å². The van der Waals surface area contributed by atoms with Gasteiger partial charge in [-0.15, -0.1) is 0 Å². The van der Waals surface area contributed by atoms with Crippen molar-refractivity contribution in [2.24, 2.45) is 5.73 Å². The van der Waals surface area contributed by atoms with E-state index >= 15 is 0 Å². The number of amides is 2. The normalized spacial score (nSPS) is 26.0. The molecule has 0 radical (unpaired) electrons. The fourth-order valence-electron chi connectivity index (χ4n) is 1.22.